The summed E-state index contributed by atoms with van der Waals surface area (Å²) in [5.74, 6) is 1.27. The first-order valence-electron chi connectivity index (χ1n) is 7.70. The topological polar surface area (TPSA) is 73.4 Å². The van der Waals surface area contributed by atoms with Crippen LogP contribution < -0.4 is 10.6 Å². The van der Waals surface area contributed by atoms with Crippen molar-refractivity contribution in [3.63, 3.8) is 0 Å². The third-order valence-corrected chi connectivity index (χ3v) is 4.28. The van der Waals surface area contributed by atoms with E-state index >= 15 is 0 Å². The smallest absolute Gasteiger partial charge is 0.345 e. The van der Waals surface area contributed by atoms with Crippen LogP contribution in [0.2, 0.25) is 0 Å². The molecule has 21 heavy (non-hydrogen) atoms. The second-order valence-electron chi connectivity index (χ2n) is 5.97. The number of methoxy groups -OCH3 is 1. The van der Waals surface area contributed by atoms with Crippen LogP contribution in [0.15, 0.2) is 0 Å². The van der Waals surface area contributed by atoms with Crippen molar-refractivity contribution in [2.45, 2.75) is 46.1 Å². The molecule has 0 spiro atoms. The zero-order chi connectivity index (χ0) is 15.6. The minimum Gasteiger partial charge on any atom is -0.465 e. The highest BCUT2D eigenvalue weighted by atomic mass is 16.5. The Bertz CT molecular complexity index is 512. The van der Waals surface area contributed by atoms with Crippen molar-refractivity contribution < 1.29 is 9.53 Å². The number of esters is 1. The van der Waals surface area contributed by atoms with Crippen LogP contribution in [0.4, 0.5) is 11.6 Å². The Morgan fingerprint density at radius 1 is 1.57 bits per heavy atom. The van der Waals surface area contributed by atoms with Gasteiger partial charge in [-0.1, -0.05) is 13.8 Å². The van der Waals surface area contributed by atoms with E-state index in [2.05, 4.69) is 23.8 Å². The summed E-state index contributed by atoms with van der Waals surface area (Å²) >= 11 is 0. The predicted octanol–water partition coefficient (Wildman–Crippen LogP) is 2.46. The molecule has 6 nitrogen and oxygen atoms in total. The van der Waals surface area contributed by atoms with E-state index in [0.717, 1.165) is 25.9 Å². The van der Waals surface area contributed by atoms with Gasteiger partial charge in [0, 0.05) is 13.1 Å². The Labute approximate surface area is 126 Å². The molecule has 6 heteroatoms. The average molecular weight is 294 g/mol. The van der Waals surface area contributed by atoms with Crippen LogP contribution in [0.25, 0.3) is 0 Å². The van der Waals surface area contributed by atoms with E-state index in [1.165, 1.54) is 13.5 Å². The largest absolute Gasteiger partial charge is 0.465 e. The molecule has 0 saturated carbocycles. The minimum absolute atomic E-state index is 0.157. The Morgan fingerprint density at radius 2 is 2.29 bits per heavy atom. The first kappa shape index (κ1) is 15.7. The highest BCUT2D eigenvalue weighted by Crippen LogP contribution is 2.31. The molecule has 1 fully saturated rings. The third-order valence-electron chi connectivity index (χ3n) is 4.28. The number of anilines is 2. The van der Waals surface area contributed by atoms with Crippen molar-refractivity contribution >= 4 is 17.6 Å². The van der Waals surface area contributed by atoms with Gasteiger partial charge in [0.25, 0.3) is 0 Å². The Kier molecular flexibility index (Phi) is 4.75. The number of rotatable bonds is 4. The van der Waals surface area contributed by atoms with Gasteiger partial charge in [-0.2, -0.15) is 5.10 Å². The summed E-state index contributed by atoms with van der Waals surface area (Å²) in [6, 6.07) is 0.157. The van der Waals surface area contributed by atoms with Crippen LogP contribution in [0, 0.1) is 5.92 Å². The molecule has 1 aliphatic heterocycles. The van der Waals surface area contributed by atoms with Crippen LogP contribution >= 0.6 is 0 Å². The number of ether oxygens (including phenoxy) is 1. The maximum absolute atomic E-state index is 12.1. The molecule has 0 bridgehead atoms. The molecule has 2 unspecified atom stereocenters. The van der Waals surface area contributed by atoms with Crippen molar-refractivity contribution in [1.29, 1.82) is 0 Å². The number of nitrogen functional groups attached to an aromatic ring is 1. The molecule has 1 saturated heterocycles. The SMILES string of the molecule is CCC(C)n1nc(N2CCCC(C)C2)c(C(=O)OC)c1N. The number of carbonyl (C=O) groups excluding carboxylic acids is 1. The third kappa shape index (κ3) is 2.99. The zero-order valence-corrected chi connectivity index (χ0v) is 13.4. The van der Waals surface area contributed by atoms with E-state index in [-0.39, 0.29) is 6.04 Å². The van der Waals surface area contributed by atoms with Crippen molar-refractivity contribution in [2.24, 2.45) is 5.92 Å². The Morgan fingerprint density at radius 3 is 2.86 bits per heavy atom. The molecule has 2 atom stereocenters. The van der Waals surface area contributed by atoms with Crippen molar-refractivity contribution in [3.05, 3.63) is 5.56 Å². The molecule has 118 valence electrons. The lowest BCUT2D eigenvalue weighted by molar-refractivity contribution is 0.0602. The van der Waals surface area contributed by atoms with Gasteiger partial charge in [-0.3, -0.25) is 0 Å². The maximum Gasteiger partial charge on any atom is 0.345 e. The summed E-state index contributed by atoms with van der Waals surface area (Å²) in [5, 5.41) is 4.62. The lowest BCUT2D eigenvalue weighted by Gasteiger charge is -2.31. The summed E-state index contributed by atoms with van der Waals surface area (Å²) in [4.78, 5) is 14.3. The average Bonchev–Trinajstić information content (AvgIpc) is 2.83. The van der Waals surface area contributed by atoms with Crippen LogP contribution in [0.3, 0.4) is 0 Å². The molecule has 1 aliphatic rings. The van der Waals surface area contributed by atoms with Gasteiger partial charge in [0.2, 0.25) is 0 Å². The highest BCUT2D eigenvalue weighted by molar-refractivity contribution is 5.99. The summed E-state index contributed by atoms with van der Waals surface area (Å²) < 4.78 is 6.65. The first-order chi connectivity index (χ1) is 9.99. The van der Waals surface area contributed by atoms with E-state index in [0.29, 0.717) is 23.1 Å². The predicted molar refractivity (Wildman–Crippen MR) is 83.6 cm³/mol. The van der Waals surface area contributed by atoms with Gasteiger partial charge in [0.1, 0.15) is 11.4 Å². The zero-order valence-electron chi connectivity index (χ0n) is 13.4. The van der Waals surface area contributed by atoms with E-state index < -0.39 is 5.97 Å². The first-order valence-corrected chi connectivity index (χ1v) is 7.70. The number of aromatic nitrogens is 2. The molecule has 2 heterocycles. The molecule has 0 aliphatic carbocycles. The van der Waals surface area contributed by atoms with Crippen LogP contribution in [-0.2, 0) is 4.74 Å². The second kappa shape index (κ2) is 6.37. The van der Waals surface area contributed by atoms with Crippen molar-refractivity contribution in [1.82, 2.24) is 9.78 Å². The second-order valence-corrected chi connectivity index (χ2v) is 5.97. The van der Waals surface area contributed by atoms with Gasteiger partial charge < -0.3 is 15.4 Å². The number of nitrogens with two attached hydrogens (primary N) is 1. The molecule has 2 N–H and O–H groups in total. The number of carbonyl (C=O) groups is 1. The molecule has 0 amide bonds. The quantitative estimate of drug-likeness (QED) is 0.863. The van der Waals surface area contributed by atoms with Gasteiger partial charge in [-0.25, -0.2) is 9.48 Å². The molecule has 2 rings (SSSR count). The van der Waals surface area contributed by atoms with Gasteiger partial charge in [0.05, 0.1) is 13.2 Å². The van der Waals surface area contributed by atoms with E-state index in [1.54, 1.807) is 4.68 Å². The summed E-state index contributed by atoms with van der Waals surface area (Å²) in [6.45, 7) is 8.16. The van der Waals surface area contributed by atoms with E-state index in [1.807, 2.05) is 6.92 Å². The van der Waals surface area contributed by atoms with Crippen LogP contribution in [-0.4, -0.2) is 35.9 Å². The fraction of sp³-hybridized carbons (Fsp3) is 0.733. The van der Waals surface area contributed by atoms with Crippen molar-refractivity contribution in [2.75, 3.05) is 30.8 Å². The highest BCUT2D eigenvalue weighted by Gasteiger charge is 2.29. The normalized spacial score (nSPS) is 20.4. The van der Waals surface area contributed by atoms with Crippen LogP contribution in [0.1, 0.15) is 56.4 Å². The van der Waals surface area contributed by atoms with Gasteiger partial charge in [-0.15, -0.1) is 0 Å². The fourth-order valence-corrected chi connectivity index (χ4v) is 2.84. The number of nitrogens with zero attached hydrogens (tertiary/aromatic N) is 3. The molecular formula is C15H26N4O2. The standard InChI is InChI=1S/C15H26N4O2/c1-5-11(3)19-13(16)12(15(20)21-4)14(17-19)18-8-6-7-10(2)9-18/h10-11H,5-9,16H2,1-4H3. The molecule has 0 radical (unpaired) electrons. The molecule has 1 aromatic rings. The van der Waals surface area contributed by atoms with Gasteiger partial charge >= 0.3 is 5.97 Å². The summed E-state index contributed by atoms with van der Waals surface area (Å²) in [7, 11) is 1.38. The molecule has 0 aromatic carbocycles. The molecule has 1 aromatic heterocycles. The maximum atomic E-state index is 12.1. The number of piperidine rings is 1. The minimum atomic E-state index is -0.407. The summed E-state index contributed by atoms with van der Waals surface area (Å²) in [5.41, 5.74) is 6.58. The number of hydrogen-bond donors (Lipinski definition) is 1. The fourth-order valence-electron chi connectivity index (χ4n) is 2.84. The van der Waals surface area contributed by atoms with E-state index in [4.69, 9.17) is 10.5 Å². The lowest BCUT2D eigenvalue weighted by atomic mass is 10.00. The Balaban J connectivity index is 2.45. The van der Waals surface area contributed by atoms with E-state index in [9.17, 15) is 4.79 Å². The number of hydrogen-bond acceptors (Lipinski definition) is 5. The summed E-state index contributed by atoms with van der Waals surface area (Å²) in [6.07, 6.45) is 3.23. The van der Waals surface area contributed by atoms with Crippen LogP contribution in [0.5, 0.6) is 0 Å². The van der Waals surface area contributed by atoms with Crippen molar-refractivity contribution in [3.8, 4) is 0 Å². The lowest BCUT2D eigenvalue weighted by Crippen LogP contribution is -2.35. The van der Waals surface area contributed by atoms with Gasteiger partial charge in [-0.05, 0) is 32.1 Å². The monoisotopic (exact) mass is 294 g/mol. The Hall–Kier alpha value is -1.72. The molecular weight excluding hydrogens is 268 g/mol. The van der Waals surface area contributed by atoms with Gasteiger partial charge in [0.15, 0.2) is 5.82 Å².